The van der Waals surface area contributed by atoms with Gasteiger partial charge in [0.05, 0.1) is 18.8 Å². The van der Waals surface area contributed by atoms with Crippen molar-refractivity contribution >= 4 is 0 Å². The van der Waals surface area contributed by atoms with E-state index < -0.39 is 0 Å². The lowest BCUT2D eigenvalue weighted by Gasteiger charge is -2.26. The molecule has 4 atom stereocenters. The number of nitrogens with one attached hydrogen (secondary N) is 1. The summed E-state index contributed by atoms with van der Waals surface area (Å²) in [7, 11) is 1.80. The predicted molar refractivity (Wildman–Crippen MR) is 57.8 cm³/mol. The van der Waals surface area contributed by atoms with Crippen molar-refractivity contribution in [1.29, 1.82) is 0 Å². The largest absolute Gasteiger partial charge is 0.383 e. The predicted octanol–water partition coefficient (Wildman–Crippen LogP) is 1.32. The quantitative estimate of drug-likeness (QED) is 0.744. The van der Waals surface area contributed by atoms with Gasteiger partial charge in [0.2, 0.25) is 0 Å². The van der Waals surface area contributed by atoms with Gasteiger partial charge in [-0.3, -0.25) is 0 Å². The van der Waals surface area contributed by atoms with Gasteiger partial charge in [-0.25, -0.2) is 0 Å². The highest BCUT2D eigenvalue weighted by molar-refractivity contribution is 4.97. The first-order valence-electron chi connectivity index (χ1n) is 6.27. The molecule has 15 heavy (non-hydrogen) atoms. The second-order valence-electron chi connectivity index (χ2n) is 5.28. The van der Waals surface area contributed by atoms with Crippen molar-refractivity contribution in [2.45, 2.75) is 56.4 Å². The Morgan fingerprint density at radius 3 is 2.73 bits per heavy atom. The minimum atomic E-state index is 0.494. The van der Waals surface area contributed by atoms with Crippen LogP contribution in [0.1, 0.15) is 32.1 Å². The zero-order valence-corrected chi connectivity index (χ0v) is 9.45. The molecule has 3 fully saturated rings. The summed E-state index contributed by atoms with van der Waals surface area (Å²) in [4.78, 5) is 0. The molecule has 2 saturated heterocycles. The Morgan fingerprint density at radius 1 is 1.33 bits per heavy atom. The average molecular weight is 211 g/mol. The standard InChI is InChI=1S/C12H21NO2/c1-14-7-11(8-2-3-8)13-10-6-9-4-5-12(10)15-9/h8-13H,2-7H2,1H3. The van der Waals surface area contributed by atoms with Gasteiger partial charge in [0.15, 0.2) is 0 Å². The topological polar surface area (TPSA) is 30.5 Å². The summed E-state index contributed by atoms with van der Waals surface area (Å²) in [5.74, 6) is 0.865. The van der Waals surface area contributed by atoms with Gasteiger partial charge in [0, 0.05) is 19.2 Å². The van der Waals surface area contributed by atoms with Gasteiger partial charge in [-0.2, -0.15) is 0 Å². The van der Waals surface area contributed by atoms with Gasteiger partial charge >= 0.3 is 0 Å². The van der Waals surface area contributed by atoms with Crippen molar-refractivity contribution in [3.63, 3.8) is 0 Å². The van der Waals surface area contributed by atoms with Gasteiger partial charge in [-0.1, -0.05) is 0 Å². The molecule has 0 aromatic rings. The third-order valence-corrected chi connectivity index (χ3v) is 4.07. The Morgan fingerprint density at radius 2 is 2.20 bits per heavy atom. The van der Waals surface area contributed by atoms with Crippen LogP contribution in [0.5, 0.6) is 0 Å². The molecule has 2 aliphatic heterocycles. The second-order valence-corrected chi connectivity index (χ2v) is 5.28. The van der Waals surface area contributed by atoms with Crippen LogP contribution in [0.4, 0.5) is 0 Å². The summed E-state index contributed by atoms with van der Waals surface area (Å²) in [6.45, 7) is 0.860. The molecular weight excluding hydrogens is 190 g/mol. The summed E-state index contributed by atoms with van der Waals surface area (Å²) in [5.41, 5.74) is 0. The minimum Gasteiger partial charge on any atom is -0.383 e. The number of hydrogen-bond donors (Lipinski definition) is 1. The van der Waals surface area contributed by atoms with E-state index in [0.29, 0.717) is 24.3 Å². The molecule has 86 valence electrons. The molecule has 1 N–H and O–H groups in total. The molecule has 0 amide bonds. The molecule has 3 nitrogen and oxygen atoms in total. The number of hydrogen-bond acceptors (Lipinski definition) is 3. The van der Waals surface area contributed by atoms with Crippen molar-refractivity contribution in [3.05, 3.63) is 0 Å². The number of ether oxygens (including phenoxy) is 2. The summed E-state index contributed by atoms with van der Waals surface area (Å²) in [6, 6.07) is 1.17. The zero-order valence-electron chi connectivity index (χ0n) is 9.45. The molecule has 2 bridgehead atoms. The molecule has 0 radical (unpaired) electrons. The van der Waals surface area contributed by atoms with Crippen molar-refractivity contribution in [2.75, 3.05) is 13.7 Å². The molecule has 0 aromatic heterocycles. The van der Waals surface area contributed by atoms with E-state index >= 15 is 0 Å². The normalized spacial score (nSPS) is 41.0. The molecular formula is C12H21NO2. The Labute approximate surface area is 91.5 Å². The fraction of sp³-hybridized carbons (Fsp3) is 1.00. The lowest BCUT2D eigenvalue weighted by Crippen LogP contribution is -2.46. The smallest absolute Gasteiger partial charge is 0.0733 e. The Kier molecular flexibility index (Phi) is 2.71. The van der Waals surface area contributed by atoms with E-state index in [2.05, 4.69) is 5.32 Å². The van der Waals surface area contributed by atoms with Gasteiger partial charge < -0.3 is 14.8 Å². The van der Waals surface area contributed by atoms with Crippen LogP contribution < -0.4 is 5.32 Å². The highest BCUT2D eigenvalue weighted by atomic mass is 16.5. The summed E-state index contributed by atoms with van der Waals surface area (Å²) in [6.07, 6.45) is 7.56. The molecule has 1 aliphatic carbocycles. The Balaban J connectivity index is 1.54. The fourth-order valence-electron chi connectivity index (χ4n) is 3.09. The van der Waals surface area contributed by atoms with Crippen LogP contribution in [-0.2, 0) is 9.47 Å². The molecule has 3 aliphatic rings. The Hall–Kier alpha value is -0.120. The Bertz CT molecular complexity index is 230. The molecule has 1 saturated carbocycles. The highest BCUT2D eigenvalue weighted by Gasteiger charge is 2.43. The van der Waals surface area contributed by atoms with E-state index in [4.69, 9.17) is 9.47 Å². The monoisotopic (exact) mass is 211 g/mol. The SMILES string of the molecule is COCC(NC1CC2CCC1O2)C1CC1. The van der Waals surface area contributed by atoms with Crippen molar-refractivity contribution in [1.82, 2.24) is 5.32 Å². The van der Waals surface area contributed by atoms with Crippen LogP contribution in [0, 0.1) is 5.92 Å². The minimum absolute atomic E-state index is 0.494. The van der Waals surface area contributed by atoms with Crippen molar-refractivity contribution in [3.8, 4) is 0 Å². The van der Waals surface area contributed by atoms with E-state index in [1.54, 1.807) is 7.11 Å². The van der Waals surface area contributed by atoms with E-state index in [-0.39, 0.29) is 0 Å². The average Bonchev–Trinajstić information content (AvgIpc) is 2.89. The first-order valence-corrected chi connectivity index (χ1v) is 6.27. The van der Waals surface area contributed by atoms with Crippen molar-refractivity contribution in [2.24, 2.45) is 5.92 Å². The molecule has 0 aromatic carbocycles. The van der Waals surface area contributed by atoms with Gasteiger partial charge in [0.25, 0.3) is 0 Å². The molecule has 0 spiro atoms. The van der Waals surface area contributed by atoms with E-state index in [0.717, 1.165) is 12.5 Å². The molecule has 2 heterocycles. The molecule has 4 unspecified atom stereocenters. The zero-order chi connectivity index (χ0) is 10.3. The van der Waals surface area contributed by atoms with E-state index in [9.17, 15) is 0 Å². The maximum absolute atomic E-state index is 5.86. The van der Waals surface area contributed by atoms with Crippen LogP contribution in [-0.4, -0.2) is 38.0 Å². The van der Waals surface area contributed by atoms with Crippen LogP contribution in [0.3, 0.4) is 0 Å². The molecule has 3 rings (SSSR count). The summed E-state index contributed by atoms with van der Waals surface area (Å²) in [5, 5.41) is 3.76. The van der Waals surface area contributed by atoms with Gasteiger partial charge in [0.1, 0.15) is 0 Å². The lowest BCUT2D eigenvalue weighted by atomic mass is 9.94. The van der Waals surface area contributed by atoms with Gasteiger partial charge in [-0.15, -0.1) is 0 Å². The third kappa shape index (κ3) is 2.05. The van der Waals surface area contributed by atoms with E-state index in [1.807, 2.05) is 0 Å². The third-order valence-electron chi connectivity index (χ3n) is 4.07. The first kappa shape index (κ1) is 10.1. The summed E-state index contributed by atoms with van der Waals surface area (Å²) >= 11 is 0. The number of methoxy groups -OCH3 is 1. The number of rotatable bonds is 5. The van der Waals surface area contributed by atoms with Crippen LogP contribution >= 0.6 is 0 Å². The van der Waals surface area contributed by atoms with Crippen LogP contribution in [0.2, 0.25) is 0 Å². The number of fused-ring (bicyclic) bond motifs is 2. The van der Waals surface area contributed by atoms with Crippen LogP contribution in [0.15, 0.2) is 0 Å². The molecule has 3 heteroatoms. The van der Waals surface area contributed by atoms with Crippen molar-refractivity contribution < 1.29 is 9.47 Å². The fourth-order valence-corrected chi connectivity index (χ4v) is 3.09. The first-order chi connectivity index (χ1) is 7.36. The van der Waals surface area contributed by atoms with Crippen LogP contribution in [0.25, 0.3) is 0 Å². The maximum atomic E-state index is 5.86. The maximum Gasteiger partial charge on any atom is 0.0733 e. The lowest BCUT2D eigenvalue weighted by molar-refractivity contribution is 0.0905. The van der Waals surface area contributed by atoms with Gasteiger partial charge in [-0.05, 0) is 38.0 Å². The highest BCUT2D eigenvalue weighted by Crippen LogP contribution is 2.37. The van der Waals surface area contributed by atoms with E-state index in [1.165, 1.54) is 32.1 Å². The second kappa shape index (κ2) is 4.04. The summed E-state index contributed by atoms with van der Waals surface area (Å²) < 4.78 is 11.2.